The molecule has 0 saturated heterocycles. The minimum atomic E-state index is -0.262. The lowest BCUT2D eigenvalue weighted by atomic mass is 9.44. The molecular weight excluding hydrogens is 150 g/mol. The first kappa shape index (κ1) is 8.52. The molecule has 3 N–H and O–H groups in total. The Hall–Kier alpha value is -0.0800. The summed E-state index contributed by atoms with van der Waals surface area (Å²) in [4.78, 5) is 0. The molecule has 0 amide bonds. The van der Waals surface area contributed by atoms with Gasteiger partial charge in [-0.1, -0.05) is 20.8 Å². The SMILES string of the molecule is C[C@@H]1C2CC([C@H](N)[C@@H]1O)C2(C)C. The van der Waals surface area contributed by atoms with Gasteiger partial charge in [-0.25, -0.2) is 0 Å². The fourth-order valence-electron chi connectivity index (χ4n) is 3.37. The van der Waals surface area contributed by atoms with Gasteiger partial charge in [0.2, 0.25) is 0 Å². The van der Waals surface area contributed by atoms with Gasteiger partial charge < -0.3 is 10.8 Å². The highest BCUT2D eigenvalue weighted by Gasteiger charge is 2.59. The van der Waals surface area contributed by atoms with Crippen LogP contribution in [0.1, 0.15) is 27.2 Å². The Morgan fingerprint density at radius 1 is 1.33 bits per heavy atom. The predicted octanol–water partition coefficient (Wildman–Crippen LogP) is 0.987. The number of hydrogen-bond donors (Lipinski definition) is 2. The molecule has 2 heteroatoms. The fraction of sp³-hybridized carbons (Fsp3) is 1.00. The van der Waals surface area contributed by atoms with Gasteiger partial charge in [-0.05, 0) is 29.6 Å². The van der Waals surface area contributed by atoms with Crippen LogP contribution in [0, 0.1) is 23.2 Å². The number of nitrogens with two attached hydrogens (primary N) is 1. The van der Waals surface area contributed by atoms with E-state index in [0.29, 0.717) is 23.2 Å². The van der Waals surface area contributed by atoms with Gasteiger partial charge >= 0.3 is 0 Å². The summed E-state index contributed by atoms with van der Waals surface area (Å²) in [6.45, 7) is 6.70. The van der Waals surface area contributed by atoms with E-state index in [0.717, 1.165) is 0 Å². The van der Waals surface area contributed by atoms with Gasteiger partial charge in [0, 0.05) is 6.04 Å². The molecular formula is C10H19NO. The normalized spacial score (nSPS) is 56.2. The molecule has 2 bridgehead atoms. The van der Waals surface area contributed by atoms with E-state index < -0.39 is 0 Å². The van der Waals surface area contributed by atoms with Crippen molar-refractivity contribution in [2.24, 2.45) is 28.9 Å². The first-order valence-electron chi connectivity index (χ1n) is 4.90. The average Bonchev–Trinajstić information content (AvgIpc) is 1.98. The molecule has 0 aromatic rings. The predicted molar refractivity (Wildman–Crippen MR) is 48.5 cm³/mol. The second kappa shape index (κ2) is 2.24. The summed E-state index contributed by atoms with van der Waals surface area (Å²) in [6.07, 6.45) is 0.966. The van der Waals surface area contributed by atoms with E-state index in [1.165, 1.54) is 6.42 Å². The molecule has 5 atom stereocenters. The Morgan fingerprint density at radius 2 is 1.92 bits per heavy atom. The zero-order valence-corrected chi connectivity index (χ0v) is 8.12. The molecule has 2 nitrogen and oxygen atoms in total. The Bertz CT molecular complexity index is 184. The first-order valence-corrected chi connectivity index (χ1v) is 4.90. The number of fused-ring (bicyclic) bond motifs is 2. The zero-order valence-electron chi connectivity index (χ0n) is 8.12. The third-order valence-electron chi connectivity index (χ3n) is 4.45. The van der Waals surface area contributed by atoms with Crippen LogP contribution in [0.15, 0.2) is 0 Å². The summed E-state index contributed by atoms with van der Waals surface area (Å²) in [5.41, 5.74) is 6.35. The average molecular weight is 169 g/mol. The largest absolute Gasteiger partial charge is 0.391 e. The summed E-state index contributed by atoms with van der Waals surface area (Å²) in [5.74, 6) is 1.63. The van der Waals surface area contributed by atoms with Crippen LogP contribution in [0.2, 0.25) is 0 Å². The van der Waals surface area contributed by atoms with Crippen LogP contribution in [0.25, 0.3) is 0 Å². The Balaban J connectivity index is 2.24. The summed E-state index contributed by atoms with van der Waals surface area (Å²) in [5, 5.41) is 9.75. The molecule has 0 spiro atoms. The van der Waals surface area contributed by atoms with Crippen molar-refractivity contribution in [2.75, 3.05) is 0 Å². The molecule has 3 fully saturated rings. The lowest BCUT2D eigenvalue weighted by Crippen LogP contribution is -2.67. The third kappa shape index (κ3) is 0.775. The fourth-order valence-corrected chi connectivity index (χ4v) is 3.37. The third-order valence-corrected chi connectivity index (χ3v) is 4.45. The van der Waals surface area contributed by atoms with Crippen LogP contribution in [-0.2, 0) is 0 Å². The van der Waals surface area contributed by atoms with E-state index in [1.54, 1.807) is 0 Å². The second-order valence-electron chi connectivity index (χ2n) is 5.20. The molecule has 3 aliphatic carbocycles. The van der Waals surface area contributed by atoms with Crippen molar-refractivity contribution in [3.8, 4) is 0 Å². The molecule has 0 aromatic carbocycles. The standard InChI is InChI=1S/C10H19NO/c1-5-6-4-7(10(6,2)3)8(11)9(5)12/h5-9,12H,4,11H2,1-3H3/t5-,6?,7?,8+,9-/m1/s1. The maximum Gasteiger partial charge on any atom is 0.0722 e. The van der Waals surface area contributed by atoms with E-state index in [1.807, 2.05) is 0 Å². The van der Waals surface area contributed by atoms with Gasteiger partial charge in [0.25, 0.3) is 0 Å². The second-order valence-corrected chi connectivity index (χ2v) is 5.20. The molecule has 12 heavy (non-hydrogen) atoms. The molecule has 3 saturated carbocycles. The Labute approximate surface area is 74.1 Å². The van der Waals surface area contributed by atoms with Crippen LogP contribution in [0.5, 0.6) is 0 Å². The number of aliphatic hydroxyl groups excluding tert-OH is 1. The maximum atomic E-state index is 9.75. The van der Waals surface area contributed by atoms with E-state index >= 15 is 0 Å². The van der Waals surface area contributed by atoms with Crippen molar-refractivity contribution in [1.29, 1.82) is 0 Å². The van der Waals surface area contributed by atoms with Crippen molar-refractivity contribution in [3.05, 3.63) is 0 Å². The number of rotatable bonds is 0. The molecule has 0 heterocycles. The lowest BCUT2D eigenvalue weighted by Gasteiger charge is -2.63. The first-order chi connectivity index (χ1) is 5.46. The van der Waals surface area contributed by atoms with Crippen molar-refractivity contribution >= 4 is 0 Å². The quantitative estimate of drug-likeness (QED) is 0.568. The van der Waals surface area contributed by atoms with Gasteiger partial charge in [-0.15, -0.1) is 0 Å². The van der Waals surface area contributed by atoms with Crippen LogP contribution in [-0.4, -0.2) is 17.3 Å². The van der Waals surface area contributed by atoms with E-state index in [2.05, 4.69) is 20.8 Å². The lowest BCUT2D eigenvalue weighted by molar-refractivity contribution is -0.167. The molecule has 3 aliphatic rings. The van der Waals surface area contributed by atoms with Crippen molar-refractivity contribution in [1.82, 2.24) is 0 Å². The highest BCUT2D eigenvalue weighted by molar-refractivity contribution is 5.10. The summed E-state index contributed by atoms with van der Waals surface area (Å²) >= 11 is 0. The number of hydrogen-bond acceptors (Lipinski definition) is 2. The van der Waals surface area contributed by atoms with Crippen molar-refractivity contribution in [2.45, 2.75) is 39.3 Å². The minimum absolute atomic E-state index is 0.0139. The Morgan fingerprint density at radius 3 is 2.33 bits per heavy atom. The molecule has 70 valence electrons. The van der Waals surface area contributed by atoms with E-state index in [9.17, 15) is 5.11 Å². The molecule has 2 unspecified atom stereocenters. The zero-order chi connectivity index (χ0) is 9.09. The van der Waals surface area contributed by atoms with Crippen LogP contribution in [0.4, 0.5) is 0 Å². The highest BCUT2D eigenvalue weighted by atomic mass is 16.3. The van der Waals surface area contributed by atoms with Gasteiger partial charge in [-0.2, -0.15) is 0 Å². The van der Waals surface area contributed by atoms with Crippen LogP contribution in [0.3, 0.4) is 0 Å². The topological polar surface area (TPSA) is 46.2 Å². The van der Waals surface area contributed by atoms with Gasteiger partial charge in [-0.3, -0.25) is 0 Å². The van der Waals surface area contributed by atoms with Crippen molar-refractivity contribution in [3.63, 3.8) is 0 Å². The van der Waals surface area contributed by atoms with E-state index in [4.69, 9.17) is 5.73 Å². The molecule has 0 aliphatic heterocycles. The molecule has 0 radical (unpaired) electrons. The van der Waals surface area contributed by atoms with Crippen molar-refractivity contribution < 1.29 is 5.11 Å². The van der Waals surface area contributed by atoms with E-state index in [-0.39, 0.29) is 12.1 Å². The van der Waals surface area contributed by atoms with Gasteiger partial charge in [0.05, 0.1) is 6.10 Å². The summed E-state index contributed by atoms with van der Waals surface area (Å²) in [7, 11) is 0. The van der Waals surface area contributed by atoms with Gasteiger partial charge in [0.15, 0.2) is 0 Å². The molecule has 0 aromatic heterocycles. The van der Waals surface area contributed by atoms with Gasteiger partial charge in [0.1, 0.15) is 0 Å². The smallest absolute Gasteiger partial charge is 0.0722 e. The maximum absolute atomic E-state index is 9.75. The highest BCUT2D eigenvalue weighted by Crippen LogP contribution is 2.60. The molecule has 3 rings (SSSR count). The van der Waals surface area contributed by atoms with Crippen LogP contribution >= 0.6 is 0 Å². The van der Waals surface area contributed by atoms with Crippen LogP contribution < -0.4 is 5.73 Å². The Kier molecular flexibility index (Phi) is 1.59. The number of aliphatic hydroxyl groups is 1. The monoisotopic (exact) mass is 169 g/mol. The summed E-state index contributed by atoms with van der Waals surface area (Å²) in [6, 6.07) is 0.0139. The minimum Gasteiger partial charge on any atom is -0.391 e. The summed E-state index contributed by atoms with van der Waals surface area (Å²) < 4.78 is 0.